The highest BCUT2D eigenvalue weighted by atomic mass is 15.1. The molecule has 3 aromatic rings. The van der Waals surface area contributed by atoms with Crippen molar-refractivity contribution in [2.45, 2.75) is 0 Å². The van der Waals surface area contributed by atoms with Gasteiger partial charge in [-0.1, -0.05) is 66.7 Å². The molecule has 0 aliphatic heterocycles. The van der Waals surface area contributed by atoms with E-state index >= 15 is 0 Å². The summed E-state index contributed by atoms with van der Waals surface area (Å²) < 4.78 is 0. The van der Waals surface area contributed by atoms with Gasteiger partial charge in [0.15, 0.2) is 0 Å². The highest BCUT2D eigenvalue weighted by Gasteiger charge is 2.13. The molecule has 0 saturated heterocycles. The third-order valence-corrected chi connectivity index (χ3v) is 3.34. The summed E-state index contributed by atoms with van der Waals surface area (Å²) in [5.41, 5.74) is 3.81. The summed E-state index contributed by atoms with van der Waals surface area (Å²) in [6, 6.07) is 30.3. The molecule has 0 aliphatic rings. The van der Waals surface area contributed by atoms with E-state index in [2.05, 4.69) is 29.2 Å². The predicted molar refractivity (Wildman–Crippen MR) is 89.2 cm³/mol. The van der Waals surface area contributed by atoms with Crippen molar-refractivity contribution in [2.75, 3.05) is 4.90 Å². The van der Waals surface area contributed by atoms with Gasteiger partial charge in [-0.05, 0) is 36.4 Å². The van der Waals surface area contributed by atoms with E-state index in [4.69, 9.17) is 6.58 Å². The molecule has 0 unspecified atom stereocenters. The van der Waals surface area contributed by atoms with Crippen molar-refractivity contribution in [3.63, 3.8) is 0 Å². The normalized spacial score (nSPS) is 10.1. The van der Waals surface area contributed by atoms with Crippen LogP contribution in [-0.4, -0.2) is 0 Å². The molecule has 21 heavy (non-hydrogen) atoms. The molecule has 1 nitrogen and oxygen atoms in total. The lowest BCUT2D eigenvalue weighted by Gasteiger charge is -2.27. The second-order valence-corrected chi connectivity index (χ2v) is 4.76. The Kier molecular flexibility index (Phi) is 3.83. The van der Waals surface area contributed by atoms with E-state index in [1.165, 1.54) is 0 Å². The minimum absolute atomic E-state index is 0.716. The van der Waals surface area contributed by atoms with Gasteiger partial charge >= 0.3 is 0 Å². The maximum atomic E-state index is 6.45. The van der Waals surface area contributed by atoms with E-state index in [0.29, 0.717) is 5.70 Å². The van der Waals surface area contributed by atoms with Crippen LogP contribution in [0.3, 0.4) is 0 Å². The summed E-state index contributed by atoms with van der Waals surface area (Å²) in [6.45, 7) is 6.45. The molecule has 3 rings (SSSR count). The lowest BCUT2D eigenvalue weighted by Crippen LogP contribution is -2.14. The number of nitrogens with zero attached hydrogens (tertiary/aromatic N) is 1. The van der Waals surface area contributed by atoms with Gasteiger partial charge < -0.3 is 4.90 Å². The number of rotatable bonds is 4. The minimum atomic E-state index is 0.716. The zero-order chi connectivity index (χ0) is 14.5. The van der Waals surface area contributed by atoms with Crippen LogP contribution in [0.15, 0.2) is 91.0 Å². The largest absolute Gasteiger partial charge is 0.310 e. The number of para-hydroxylation sites is 2. The van der Waals surface area contributed by atoms with Crippen LogP contribution in [0, 0.1) is 6.58 Å². The topological polar surface area (TPSA) is 3.24 Å². The molecule has 3 aromatic carbocycles. The quantitative estimate of drug-likeness (QED) is 0.622. The second kappa shape index (κ2) is 6.10. The first-order chi connectivity index (χ1) is 10.4. The summed E-state index contributed by atoms with van der Waals surface area (Å²) in [7, 11) is 0. The van der Waals surface area contributed by atoms with Gasteiger partial charge in [0.1, 0.15) is 0 Å². The molecule has 0 saturated carbocycles. The predicted octanol–water partition coefficient (Wildman–Crippen LogP) is 5.30. The first-order valence-corrected chi connectivity index (χ1v) is 6.94. The number of hydrogen-bond acceptors (Lipinski definition) is 1. The van der Waals surface area contributed by atoms with Crippen LogP contribution in [0.5, 0.6) is 0 Å². The Bertz CT molecular complexity index is 663. The summed E-state index contributed by atoms with van der Waals surface area (Å²) >= 11 is 0. The summed E-state index contributed by atoms with van der Waals surface area (Å²) in [6.07, 6.45) is 0. The molecular formula is C20H16N. The maximum Gasteiger partial charge on any atom is 0.0534 e. The van der Waals surface area contributed by atoms with Gasteiger partial charge in [-0.2, -0.15) is 0 Å². The first-order valence-electron chi connectivity index (χ1n) is 6.94. The van der Waals surface area contributed by atoms with Gasteiger partial charge in [0.25, 0.3) is 0 Å². The molecule has 0 bridgehead atoms. The van der Waals surface area contributed by atoms with Crippen molar-refractivity contribution >= 4 is 17.1 Å². The monoisotopic (exact) mass is 270 g/mol. The van der Waals surface area contributed by atoms with Crippen LogP contribution in [-0.2, 0) is 0 Å². The number of hydrogen-bond donors (Lipinski definition) is 0. The Morgan fingerprint density at radius 2 is 0.952 bits per heavy atom. The van der Waals surface area contributed by atoms with Gasteiger partial charge in [-0.15, -0.1) is 0 Å². The van der Waals surface area contributed by atoms with Crippen LogP contribution in [0.2, 0.25) is 0 Å². The Labute approximate surface area is 125 Å². The van der Waals surface area contributed by atoms with Crippen LogP contribution in [0.1, 0.15) is 5.56 Å². The Balaban J connectivity index is 2.07. The van der Waals surface area contributed by atoms with Crippen LogP contribution >= 0.6 is 0 Å². The fourth-order valence-corrected chi connectivity index (χ4v) is 2.32. The highest BCUT2D eigenvalue weighted by Crippen LogP contribution is 2.32. The van der Waals surface area contributed by atoms with Crippen molar-refractivity contribution in [1.29, 1.82) is 0 Å². The molecule has 101 valence electrons. The fourth-order valence-electron chi connectivity index (χ4n) is 2.32. The maximum absolute atomic E-state index is 6.45. The molecular weight excluding hydrogens is 254 g/mol. The van der Waals surface area contributed by atoms with Gasteiger partial charge in [-0.25, -0.2) is 0 Å². The van der Waals surface area contributed by atoms with Crippen molar-refractivity contribution in [3.8, 4) is 0 Å². The third kappa shape index (κ3) is 2.87. The minimum Gasteiger partial charge on any atom is -0.310 e. The molecule has 1 radical (unpaired) electrons. The van der Waals surface area contributed by atoms with Gasteiger partial charge in [0.05, 0.1) is 5.70 Å². The zero-order valence-corrected chi connectivity index (χ0v) is 11.7. The third-order valence-electron chi connectivity index (χ3n) is 3.34. The molecule has 0 atom stereocenters. The van der Waals surface area contributed by atoms with Crippen LogP contribution < -0.4 is 4.90 Å². The molecule has 0 N–H and O–H groups in total. The van der Waals surface area contributed by atoms with Gasteiger partial charge in [0, 0.05) is 11.4 Å². The zero-order valence-electron chi connectivity index (χ0n) is 11.7. The summed E-state index contributed by atoms with van der Waals surface area (Å²) in [5, 5.41) is 0. The smallest absolute Gasteiger partial charge is 0.0534 e. The molecule has 0 amide bonds. The Morgan fingerprint density at radius 3 is 1.38 bits per heavy atom. The first kappa shape index (κ1) is 13.2. The highest BCUT2D eigenvalue weighted by molar-refractivity contribution is 5.85. The standard InChI is InChI=1S/C20H16N/c1-17(18-11-5-2-6-12-18)21(19-13-7-3-8-14-19)20-15-9-4-10-16-20/h1-16H. The summed E-state index contributed by atoms with van der Waals surface area (Å²) in [5.74, 6) is 0. The number of anilines is 2. The van der Waals surface area contributed by atoms with E-state index < -0.39 is 0 Å². The lowest BCUT2D eigenvalue weighted by atomic mass is 10.1. The van der Waals surface area contributed by atoms with Crippen molar-refractivity contribution in [2.24, 2.45) is 0 Å². The molecule has 0 aliphatic carbocycles. The SMILES string of the molecule is [CH]=C(c1ccccc1)N(c1ccccc1)c1ccccc1. The Hall–Kier alpha value is -2.80. The van der Waals surface area contributed by atoms with Crippen LogP contribution in [0.25, 0.3) is 5.70 Å². The molecule has 0 heterocycles. The molecule has 0 aromatic heterocycles. The van der Waals surface area contributed by atoms with Crippen molar-refractivity contribution < 1.29 is 0 Å². The van der Waals surface area contributed by atoms with Crippen molar-refractivity contribution in [1.82, 2.24) is 0 Å². The van der Waals surface area contributed by atoms with Gasteiger partial charge in [0.2, 0.25) is 0 Å². The second-order valence-electron chi connectivity index (χ2n) is 4.76. The van der Waals surface area contributed by atoms with Crippen molar-refractivity contribution in [3.05, 3.63) is 103 Å². The van der Waals surface area contributed by atoms with E-state index in [-0.39, 0.29) is 0 Å². The van der Waals surface area contributed by atoms with E-state index in [0.717, 1.165) is 16.9 Å². The molecule has 1 heteroatoms. The Morgan fingerprint density at radius 1 is 0.571 bits per heavy atom. The van der Waals surface area contributed by atoms with E-state index in [1.54, 1.807) is 0 Å². The average Bonchev–Trinajstić information content (AvgIpc) is 2.58. The summed E-state index contributed by atoms with van der Waals surface area (Å²) in [4.78, 5) is 2.06. The molecule has 0 spiro atoms. The van der Waals surface area contributed by atoms with Gasteiger partial charge in [-0.3, -0.25) is 0 Å². The van der Waals surface area contributed by atoms with E-state index in [1.807, 2.05) is 66.7 Å². The average molecular weight is 270 g/mol. The lowest BCUT2D eigenvalue weighted by molar-refractivity contribution is 1.29. The fraction of sp³-hybridized carbons (Fsp3) is 0. The van der Waals surface area contributed by atoms with E-state index in [9.17, 15) is 0 Å². The number of benzene rings is 3. The van der Waals surface area contributed by atoms with Crippen LogP contribution in [0.4, 0.5) is 11.4 Å². The molecule has 0 fully saturated rings.